The number of carbonyl (C=O) groups excluding carboxylic acids is 1. The number of fused-ring (bicyclic) bond motifs is 1. The maximum absolute atomic E-state index is 13.5. The lowest BCUT2D eigenvalue weighted by atomic mass is 10.0. The van der Waals surface area contributed by atoms with E-state index >= 15 is 0 Å². The van der Waals surface area contributed by atoms with Gasteiger partial charge in [-0.05, 0) is 38.0 Å². The summed E-state index contributed by atoms with van der Waals surface area (Å²) in [5.41, 5.74) is 0.693. The molecule has 1 saturated carbocycles. The lowest BCUT2D eigenvalue weighted by molar-refractivity contribution is -0.135. The van der Waals surface area contributed by atoms with Crippen LogP contribution in [0.2, 0.25) is 0 Å². The van der Waals surface area contributed by atoms with Crippen LogP contribution >= 0.6 is 0 Å². The van der Waals surface area contributed by atoms with Crippen molar-refractivity contribution in [1.82, 2.24) is 9.21 Å². The van der Waals surface area contributed by atoms with E-state index in [-0.39, 0.29) is 48.8 Å². The maximum atomic E-state index is 13.5. The SMILES string of the molecule is COCC(=O)N(C)C[C@@H]1Oc2cc(C#CC3CCCC3)ccc2S(=O)(=O)N([C@H](C)CO)C[C@@H]1C. The molecule has 1 aliphatic carbocycles. The number of sulfonamides is 1. The van der Waals surface area contributed by atoms with Crippen LogP contribution in [0.5, 0.6) is 5.75 Å². The molecule has 1 heterocycles. The second-order valence-electron chi connectivity index (χ2n) is 9.36. The summed E-state index contributed by atoms with van der Waals surface area (Å²) in [6, 6.07) is 4.32. The summed E-state index contributed by atoms with van der Waals surface area (Å²) < 4.78 is 39.7. The number of benzene rings is 1. The molecular weight excluding hydrogens is 456 g/mol. The molecule has 1 N–H and O–H groups in total. The van der Waals surface area contributed by atoms with Gasteiger partial charge in [-0.1, -0.05) is 31.6 Å². The highest BCUT2D eigenvalue weighted by Gasteiger charge is 2.38. The van der Waals surface area contributed by atoms with E-state index < -0.39 is 22.2 Å². The third kappa shape index (κ3) is 6.11. The molecule has 1 fully saturated rings. The van der Waals surface area contributed by atoms with Crippen LogP contribution in [-0.4, -0.2) is 81.2 Å². The molecule has 0 unspecified atom stereocenters. The van der Waals surface area contributed by atoms with Gasteiger partial charge < -0.3 is 19.5 Å². The van der Waals surface area contributed by atoms with Crippen molar-refractivity contribution < 1.29 is 27.8 Å². The lowest BCUT2D eigenvalue weighted by Gasteiger charge is -2.37. The number of rotatable bonds is 6. The number of likely N-dealkylation sites (N-methyl/N-ethyl adjacent to an activating group) is 1. The Morgan fingerprint density at radius 1 is 1.35 bits per heavy atom. The van der Waals surface area contributed by atoms with Gasteiger partial charge in [-0.3, -0.25) is 4.79 Å². The van der Waals surface area contributed by atoms with Crippen LogP contribution in [0.25, 0.3) is 0 Å². The third-order valence-corrected chi connectivity index (χ3v) is 8.61. The Labute approximate surface area is 203 Å². The second kappa shape index (κ2) is 11.5. The zero-order valence-corrected chi connectivity index (χ0v) is 21.3. The molecule has 1 aliphatic heterocycles. The fraction of sp³-hybridized carbons (Fsp3) is 0.640. The predicted octanol–water partition coefficient (Wildman–Crippen LogP) is 2.10. The van der Waals surface area contributed by atoms with E-state index in [4.69, 9.17) is 9.47 Å². The normalized spacial score (nSPS) is 23.6. The molecule has 0 saturated heterocycles. The van der Waals surface area contributed by atoms with Crippen molar-refractivity contribution in [3.05, 3.63) is 23.8 Å². The molecule has 34 heavy (non-hydrogen) atoms. The second-order valence-corrected chi connectivity index (χ2v) is 11.2. The Kier molecular flexibility index (Phi) is 8.99. The van der Waals surface area contributed by atoms with E-state index in [0.717, 1.165) is 12.8 Å². The van der Waals surface area contributed by atoms with Gasteiger partial charge in [-0.15, -0.1) is 0 Å². The summed E-state index contributed by atoms with van der Waals surface area (Å²) in [4.78, 5) is 13.9. The molecule has 0 bridgehead atoms. The number of aliphatic hydroxyl groups excluding tert-OH is 1. The van der Waals surface area contributed by atoms with E-state index in [0.29, 0.717) is 11.5 Å². The van der Waals surface area contributed by atoms with Gasteiger partial charge in [0.15, 0.2) is 0 Å². The average Bonchev–Trinajstić information content (AvgIpc) is 3.33. The Bertz CT molecular complexity index is 1030. The van der Waals surface area contributed by atoms with Crippen LogP contribution in [0.1, 0.15) is 45.1 Å². The van der Waals surface area contributed by atoms with Gasteiger partial charge in [-0.2, -0.15) is 4.31 Å². The summed E-state index contributed by atoms with van der Waals surface area (Å²) in [5.74, 6) is 6.65. The van der Waals surface area contributed by atoms with Crippen LogP contribution in [0.3, 0.4) is 0 Å². The van der Waals surface area contributed by atoms with Gasteiger partial charge in [0.25, 0.3) is 0 Å². The first-order valence-corrected chi connectivity index (χ1v) is 13.3. The summed E-state index contributed by atoms with van der Waals surface area (Å²) in [6.07, 6.45) is 4.11. The monoisotopic (exact) mass is 492 g/mol. The Morgan fingerprint density at radius 3 is 2.71 bits per heavy atom. The largest absolute Gasteiger partial charge is 0.487 e. The van der Waals surface area contributed by atoms with Crippen molar-refractivity contribution in [3.8, 4) is 17.6 Å². The van der Waals surface area contributed by atoms with Gasteiger partial charge in [0.2, 0.25) is 15.9 Å². The first-order valence-electron chi connectivity index (χ1n) is 11.8. The number of aliphatic hydroxyl groups is 1. The van der Waals surface area contributed by atoms with E-state index in [9.17, 15) is 18.3 Å². The number of ether oxygens (including phenoxy) is 2. The molecule has 0 radical (unpaired) electrons. The fourth-order valence-corrected chi connectivity index (χ4v) is 6.21. The molecule has 1 amide bonds. The number of amides is 1. The Morgan fingerprint density at radius 2 is 2.06 bits per heavy atom. The van der Waals surface area contributed by atoms with Gasteiger partial charge in [-0.25, -0.2) is 8.42 Å². The van der Waals surface area contributed by atoms with Crippen LogP contribution in [-0.2, 0) is 19.6 Å². The zero-order valence-electron chi connectivity index (χ0n) is 20.5. The van der Waals surface area contributed by atoms with Crippen molar-refractivity contribution in [3.63, 3.8) is 0 Å². The van der Waals surface area contributed by atoms with Crippen LogP contribution < -0.4 is 4.74 Å². The lowest BCUT2D eigenvalue weighted by Crippen LogP contribution is -2.50. The average molecular weight is 493 g/mol. The third-order valence-electron chi connectivity index (χ3n) is 6.59. The topological polar surface area (TPSA) is 96.4 Å². The van der Waals surface area contributed by atoms with Crippen LogP contribution in [0.4, 0.5) is 0 Å². The molecule has 0 spiro atoms. The fourth-order valence-electron chi connectivity index (χ4n) is 4.38. The number of methoxy groups -OCH3 is 1. The standard InChI is InChI=1S/C25H36N2O6S/c1-18-14-27(19(2)16-28)34(30,31)24-12-11-21(10-9-20-7-5-6-8-20)13-22(24)33-23(18)15-26(3)25(29)17-32-4/h11-13,18-20,23,28H,5-8,14-17H2,1-4H3/t18-,19+,23-/m0/s1. The zero-order chi connectivity index (χ0) is 24.9. The van der Waals surface area contributed by atoms with E-state index in [1.54, 1.807) is 26.1 Å². The molecule has 2 aliphatic rings. The van der Waals surface area contributed by atoms with E-state index in [1.807, 2.05) is 6.92 Å². The minimum atomic E-state index is -3.91. The molecular formula is C25H36N2O6S. The summed E-state index contributed by atoms with van der Waals surface area (Å²) in [7, 11) is -0.777. The summed E-state index contributed by atoms with van der Waals surface area (Å²) in [5, 5.41) is 9.75. The quantitative estimate of drug-likeness (QED) is 0.611. The number of nitrogens with zero attached hydrogens (tertiary/aromatic N) is 2. The van der Waals surface area contributed by atoms with Gasteiger partial charge in [0, 0.05) is 44.1 Å². The highest BCUT2D eigenvalue weighted by Crippen LogP contribution is 2.34. The van der Waals surface area contributed by atoms with Crippen molar-refractivity contribution in [1.29, 1.82) is 0 Å². The molecule has 1 aromatic carbocycles. The van der Waals surface area contributed by atoms with Crippen molar-refractivity contribution in [2.45, 2.75) is 56.6 Å². The minimum absolute atomic E-state index is 0.0435. The summed E-state index contributed by atoms with van der Waals surface area (Å²) >= 11 is 0. The molecule has 9 heteroatoms. The minimum Gasteiger partial charge on any atom is -0.487 e. The maximum Gasteiger partial charge on any atom is 0.248 e. The number of hydrogen-bond acceptors (Lipinski definition) is 6. The van der Waals surface area contributed by atoms with Crippen LogP contribution in [0.15, 0.2) is 23.1 Å². The number of carbonyl (C=O) groups is 1. The molecule has 1 aromatic rings. The first-order chi connectivity index (χ1) is 16.2. The predicted molar refractivity (Wildman–Crippen MR) is 129 cm³/mol. The smallest absolute Gasteiger partial charge is 0.248 e. The van der Waals surface area contributed by atoms with E-state index in [2.05, 4.69) is 11.8 Å². The number of hydrogen-bond donors (Lipinski definition) is 1. The first kappa shape index (κ1) is 26.5. The van der Waals surface area contributed by atoms with E-state index in [1.165, 1.54) is 35.2 Å². The van der Waals surface area contributed by atoms with Crippen molar-refractivity contribution >= 4 is 15.9 Å². The highest BCUT2D eigenvalue weighted by molar-refractivity contribution is 7.89. The molecule has 8 nitrogen and oxygen atoms in total. The van der Waals surface area contributed by atoms with Crippen LogP contribution in [0, 0.1) is 23.7 Å². The molecule has 188 valence electrons. The van der Waals surface area contributed by atoms with Crippen molar-refractivity contribution in [2.75, 3.05) is 40.5 Å². The highest BCUT2D eigenvalue weighted by atomic mass is 32.2. The molecule has 0 aromatic heterocycles. The Balaban J connectivity index is 2.00. The summed E-state index contributed by atoms with van der Waals surface area (Å²) in [6.45, 7) is 3.64. The van der Waals surface area contributed by atoms with Gasteiger partial charge >= 0.3 is 0 Å². The Hall–Kier alpha value is -2.12. The van der Waals surface area contributed by atoms with Crippen molar-refractivity contribution in [2.24, 2.45) is 11.8 Å². The molecule has 3 atom stereocenters. The van der Waals surface area contributed by atoms with Gasteiger partial charge in [0.1, 0.15) is 23.4 Å². The molecule has 3 rings (SSSR count). The van der Waals surface area contributed by atoms with Gasteiger partial charge in [0.05, 0.1) is 13.2 Å².